The Hall–Kier alpha value is -6.33. The first kappa shape index (κ1) is 68.2. The van der Waals surface area contributed by atoms with Gasteiger partial charge in [0.15, 0.2) is 0 Å². The lowest BCUT2D eigenvalue weighted by Crippen LogP contribution is -2.47. The first-order valence-electron chi connectivity index (χ1n) is 29.5. The number of hydrogen-bond donors (Lipinski definition) is 2. The van der Waals surface area contributed by atoms with E-state index in [1.807, 2.05) is 81.5 Å². The molecular formula is C65H83ClN6O13S2. The number of likely N-dealkylation sites (N-methyl/N-ethyl adjacent to an activating group) is 1. The Morgan fingerprint density at radius 2 is 1.55 bits per heavy atom. The van der Waals surface area contributed by atoms with Crippen molar-refractivity contribution in [1.29, 1.82) is 0 Å². The number of benzene rings is 2. The van der Waals surface area contributed by atoms with Crippen molar-refractivity contribution in [3.8, 4) is 5.75 Å². The van der Waals surface area contributed by atoms with Gasteiger partial charge in [-0.1, -0.05) is 73.6 Å². The molecule has 0 saturated carbocycles. The molecule has 22 heteroatoms. The molecule has 3 aliphatic heterocycles. The molecule has 0 unspecified atom stereocenters. The van der Waals surface area contributed by atoms with Gasteiger partial charge in [-0.15, -0.1) is 23.5 Å². The number of hydrogen-bond acceptors (Lipinski definition) is 17. The van der Waals surface area contributed by atoms with Crippen LogP contribution in [-0.4, -0.2) is 154 Å². The number of fused-ring (bicyclic) bond motifs is 6. The molecule has 2 bridgehead atoms. The molecule has 87 heavy (non-hydrogen) atoms. The molecule has 7 rings (SSSR count). The molecule has 1 aliphatic carbocycles. The normalized spacial score (nSPS) is 24.4. The zero-order chi connectivity index (χ0) is 62.8. The van der Waals surface area contributed by atoms with E-state index in [0.717, 1.165) is 28.0 Å². The second kappa shape index (κ2) is 32.8. The topological polar surface area (TPSA) is 227 Å². The van der Waals surface area contributed by atoms with Crippen molar-refractivity contribution >= 4 is 87.4 Å². The minimum atomic E-state index is -1.22. The monoisotopic (exact) mass is 1250 g/mol. The zero-order valence-electron chi connectivity index (χ0n) is 51.5. The first-order chi connectivity index (χ1) is 41.7. The summed E-state index contributed by atoms with van der Waals surface area (Å²) in [5.74, 6) is -1.24. The third kappa shape index (κ3) is 19.1. The van der Waals surface area contributed by atoms with Crippen molar-refractivity contribution in [1.82, 2.24) is 25.5 Å². The maximum atomic E-state index is 14.5. The molecular weight excluding hydrogens is 1170 g/mol. The average molecular weight is 1260 g/mol. The number of rotatable bonds is 21. The number of thioether (sulfide) groups is 2. The smallest absolute Gasteiger partial charge is 0.329 e. The van der Waals surface area contributed by atoms with Crippen LogP contribution in [-0.2, 0) is 70.3 Å². The van der Waals surface area contributed by atoms with E-state index >= 15 is 0 Å². The number of amides is 4. The maximum absolute atomic E-state index is 14.5. The van der Waals surface area contributed by atoms with Gasteiger partial charge in [-0.3, -0.25) is 24.0 Å². The lowest BCUT2D eigenvalue weighted by molar-refractivity contribution is -0.162. The maximum Gasteiger partial charge on any atom is 0.329 e. The number of aromatic nitrogens is 2. The van der Waals surface area contributed by atoms with Gasteiger partial charge in [0.1, 0.15) is 34.6 Å². The number of esters is 2. The number of carbonyl (C=O) groups is 6. The van der Waals surface area contributed by atoms with E-state index in [1.54, 1.807) is 56.7 Å². The van der Waals surface area contributed by atoms with Gasteiger partial charge < -0.3 is 53.6 Å². The van der Waals surface area contributed by atoms with Gasteiger partial charge in [0.25, 0.3) is 5.91 Å². The van der Waals surface area contributed by atoms with Crippen LogP contribution in [0.1, 0.15) is 107 Å². The third-order valence-electron chi connectivity index (χ3n) is 15.9. The number of nitrogens with one attached hydrogen (secondary N) is 2. The highest BCUT2D eigenvalue weighted by atomic mass is 35.5. The van der Waals surface area contributed by atoms with E-state index < -0.39 is 53.7 Å². The highest BCUT2D eigenvalue weighted by Crippen LogP contribution is 2.49. The number of carbonyl (C=O) groups excluding carboxylic acids is 6. The summed E-state index contributed by atoms with van der Waals surface area (Å²) < 4.78 is 41.6. The van der Waals surface area contributed by atoms with Crippen LogP contribution in [0.25, 0.3) is 11.0 Å². The van der Waals surface area contributed by atoms with Gasteiger partial charge in [0.2, 0.25) is 17.7 Å². The summed E-state index contributed by atoms with van der Waals surface area (Å²) >= 11 is 10.4. The van der Waals surface area contributed by atoms with Crippen LogP contribution in [0.4, 0.5) is 5.69 Å². The standard InChI is InChI=1S/C65H83ClN6O13S2/c1-40-18-17-20-53(79-9)41(2)33-54(83-44(5)74)42(3)62-65(6,85-62)58(37-60(76)72(8)52-34-45(32-40)35-55(80-10)61(52)66)84-64(78)51(71(7)43(4)73)19-15-16-26-67-59(75)25-28-81-30-31-82-29-27-68-63(77)46-23-24-47-48(36-46)70-50-39-87-57-22-14-12-11-13-21-56(57)86-38-49(50)69-47/h11-14,17-18,20-24,34-36,41-42,51,53-54,58,62H,15-16,19,25-33,37-39H2,1-10H3,(H,67,75)(H,68,77)/b12-11?,13-11-,14-12-,20-17+,21-13?,22-14?,40-18+,56-21?,57-22?,57-56?/t41-,42-,51+,53-,54+,58+,62+,65+/m1/s1. The van der Waals surface area contributed by atoms with E-state index in [1.165, 1.54) is 47.6 Å². The summed E-state index contributed by atoms with van der Waals surface area (Å²) in [7, 11) is 6.25. The number of epoxide rings is 1. The van der Waals surface area contributed by atoms with E-state index in [4.69, 9.17) is 54.7 Å². The van der Waals surface area contributed by atoms with Crippen molar-refractivity contribution < 1.29 is 61.9 Å². The van der Waals surface area contributed by atoms with Gasteiger partial charge in [-0.05, 0) is 99.9 Å². The first-order valence-corrected chi connectivity index (χ1v) is 31.9. The SMILES string of the molecule is COc1cc2cc(c1Cl)N(C)C(=O)C[C@H](OC(=O)[C@H](CCCCNC(=O)CCOCCOCCNC(=O)c1ccc3nc4c(nc3c1)CSC1=C/C=C\C=C/C=C1SC4)N(C)C(C)=O)[C@]1(C)O[C@H]1[C@H](C)[C@@H](OC(C)=O)C[C@@H](C)[C@H](OC)/C=C/C=C(\C)C2. The fourth-order valence-electron chi connectivity index (χ4n) is 10.7. The Balaban J connectivity index is 0.873. The van der Waals surface area contributed by atoms with Crippen molar-refractivity contribution in [3.05, 3.63) is 128 Å². The second-order valence-corrected chi connectivity index (χ2v) is 24.8. The molecule has 470 valence electrons. The summed E-state index contributed by atoms with van der Waals surface area (Å²) in [6.07, 6.45) is 17.4. The minimum absolute atomic E-state index is 0.108. The van der Waals surface area contributed by atoms with Crippen LogP contribution in [0.15, 0.2) is 100 Å². The molecule has 4 amide bonds. The fourth-order valence-corrected chi connectivity index (χ4v) is 13.1. The predicted octanol–water partition coefficient (Wildman–Crippen LogP) is 9.74. The molecule has 8 atom stereocenters. The molecule has 4 aliphatic rings. The molecule has 2 N–H and O–H groups in total. The predicted molar refractivity (Wildman–Crippen MR) is 339 cm³/mol. The molecule has 4 heterocycles. The highest BCUT2D eigenvalue weighted by molar-refractivity contribution is 8.07. The van der Waals surface area contributed by atoms with Crippen LogP contribution in [0.5, 0.6) is 5.75 Å². The van der Waals surface area contributed by atoms with Crippen molar-refractivity contribution in [2.45, 2.75) is 134 Å². The van der Waals surface area contributed by atoms with Gasteiger partial charge in [0.05, 0.1) is 80.3 Å². The minimum Gasteiger partial charge on any atom is -0.495 e. The zero-order valence-corrected chi connectivity index (χ0v) is 53.9. The lowest BCUT2D eigenvalue weighted by atomic mass is 9.84. The van der Waals surface area contributed by atoms with Gasteiger partial charge >= 0.3 is 11.9 Å². The summed E-state index contributed by atoms with van der Waals surface area (Å²) in [6, 6.07) is 7.97. The van der Waals surface area contributed by atoms with Gasteiger partial charge in [0, 0.05) is 87.4 Å². The van der Waals surface area contributed by atoms with Crippen LogP contribution in [0.2, 0.25) is 5.02 Å². The number of nitrogens with zero attached hydrogens (tertiary/aromatic N) is 4. The molecule has 3 aromatic rings. The average Bonchev–Trinajstić information content (AvgIpc) is 1.62. The Bertz CT molecular complexity index is 3170. The van der Waals surface area contributed by atoms with Crippen molar-refractivity contribution in [2.24, 2.45) is 11.8 Å². The Morgan fingerprint density at radius 1 is 0.862 bits per heavy atom. The number of anilines is 1. The summed E-state index contributed by atoms with van der Waals surface area (Å²) in [6.45, 7) is 11.9. The molecule has 1 saturated heterocycles. The second-order valence-electron chi connectivity index (χ2n) is 22.4. The number of methoxy groups -OCH3 is 2. The van der Waals surface area contributed by atoms with E-state index in [2.05, 4.69) is 22.8 Å². The van der Waals surface area contributed by atoms with Crippen LogP contribution in [0, 0.1) is 11.8 Å². The third-order valence-corrected chi connectivity index (χ3v) is 18.6. The van der Waals surface area contributed by atoms with Crippen LogP contribution in [0.3, 0.4) is 0 Å². The summed E-state index contributed by atoms with van der Waals surface area (Å²) in [4.78, 5) is 95.3. The number of allylic oxidation sites excluding steroid dienone is 9. The molecule has 0 radical (unpaired) electrons. The number of ether oxygens (including phenoxy) is 7. The Labute approximate surface area is 524 Å². The van der Waals surface area contributed by atoms with Crippen molar-refractivity contribution in [3.63, 3.8) is 0 Å². The molecule has 19 nitrogen and oxygen atoms in total. The Kier molecular flexibility index (Phi) is 25.7. The van der Waals surface area contributed by atoms with Gasteiger partial charge in [-0.25, -0.2) is 14.8 Å². The van der Waals surface area contributed by atoms with Crippen LogP contribution >= 0.6 is 35.1 Å². The van der Waals surface area contributed by atoms with E-state index in [0.29, 0.717) is 66.3 Å². The van der Waals surface area contributed by atoms with Crippen LogP contribution < -0.4 is 20.3 Å². The number of unbranched alkanes of at least 4 members (excludes halogenated alkanes) is 1. The lowest BCUT2D eigenvalue weighted by Gasteiger charge is -2.31. The highest BCUT2D eigenvalue weighted by Gasteiger charge is 2.63. The summed E-state index contributed by atoms with van der Waals surface area (Å²) in [5.41, 5.74) is 4.77. The summed E-state index contributed by atoms with van der Waals surface area (Å²) in [5, 5.41) is 6.01. The van der Waals surface area contributed by atoms with Crippen molar-refractivity contribution in [2.75, 3.05) is 72.7 Å². The van der Waals surface area contributed by atoms with E-state index in [9.17, 15) is 28.8 Å². The van der Waals surface area contributed by atoms with Gasteiger partial charge in [-0.2, -0.15) is 0 Å². The number of halogens is 1. The Morgan fingerprint density at radius 3 is 2.22 bits per heavy atom. The molecule has 1 fully saturated rings. The van der Waals surface area contributed by atoms with E-state index in [-0.39, 0.29) is 87.0 Å². The fraction of sp³-hybridized carbons (Fsp3) is 0.508. The quantitative estimate of drug-likeness (QED) is 0.0575. The molecule has 0 spiro atoms. The largest absolute Gasteiger partial charge is 0.495 e. The molecule has 2 aromatic carbocycles. The molecule has 1 aromatic heterocycles.